The number of nitrogens with zero attached hydrogens (tertiary/aromatic N) is 2. The van der Waals surface area contributed by atoms with E-state index in [0.29, 0.717) is 12.7 Å². The first kappa shape index (κ1) is 18.1. The number of β-lactam (4-membered cyclic amide) rings is 1. The Hall–Kier alpha value is -2.33. The molecule has 1 saturated carbocycles. The molecule has 2 aromatic carbocycles. The number of carbonyl (C=O) groups excluding carboxylic acids is 1. The van der Waals surface area contributed by atoms with Gasteiger partial charge in [-0.05, 0) is 38.3 Å². The maximum absolute atomic E-state index is 12.9. The van der Waals surface area contributed by atoms with E-state index < -0.39 is 0 Å². The number of ether oxygens (including phenoxy) is 1. The minimum Gasteiger partial charge on any atom is -0.496 e. The third kappa shape index (κ3) is 3.34. The summed E-state index contributed by atoms with van der Waals surface area (Å²) < 4.78 is 5.53. The number of rotatable bonds is 7. The highest BCUT2D eigenvalue weighted by atomic mass is 16.5. The molecule has 0 N–H and O–H groups in total. The van der Waals surface area contributed by atoms with E-state index in [2.05, 4.69) is 49.1 Å². The van der Waals surface area contributed by atoms with Crippen molar-refractivity contribution in [2.75, 3.05) is 13.8 Å². The van der Waals surface area contributed by atoms with E-state index in [-0.39, 0.29) is 17.4 Å². The summed E-state index contributed by atoms with van der Waals surface area (Å²) in [5.74, 6) is 1.15. The Morgan fingerprint density at radius 1 is 1.07 bits per heavy atom. The number of hydrogen-bond donors (Lipinski definition) is 0. The van der Waals surface area contributed by atoms with E-state index in [9.17, 15) is 4.79 Å². The maximum Gasteiger partial charge on any atom is 0.232 e. The van der Waals surface area contributed by atoms with E-state index in [1.165, 1.54) is 24.0 Å². The summed E-state index contributed by atoms with van der Waals surface area (Å²) in [5.41, 5.74) is 2.05. The summed E-state index contributed by atoms with van der Waals surface area (Å²) >= 11 is 0. The van der Waals surface area contributed by atoms with Crippen LogP contribution in [0.2, 0.25) is 0 Å². The Labute approximate surface area is 161 Å². The second-order valence-electron chi connectivity index (χ2n) is 8.24. The summed E-state index contributed by atoms with van der Waals surface area (Å²) in [6, 6.07) is 19.3. The van der Waals surface area contributed by atoms with Gasteiger partial charge in [-0.3, -0.25) is 9.69 Å². The molecule has 4 nitrogen and oxygen atoms in total. The first-order valence-corrected chi connectivity index (χ1v) is 9.74. The Balaban J connectivity index is 1.55. The number of hydrogen-bond acceptors (Lipinski definition) is 3. The first-order valence-electron chi connectivity index (χ1n) is 9.74. The van der Waals surface area contributed by atoms with Crippen LogP contribution in [0.4, 0.5) is 0 Å². The summed E-state index contributed by atoms with van der Waals surface area (Å²) in [6.07, 6.45) is 2.41. The van der Waals surface area contributed by atoms with Crippen molar-refractivity contribution in [1.29, 1.82) is 0 Å². The zero-order valence-corrected chi connectivity index (χ0v) is 16.4. The third-order valence-corrected chi connectivity index (χ3v) is 5.89. The predicted octanol–water partition coefficient (Wildman–Crippen LogP) is 4.23. The lowest BCUT2D eigenvalue weighted by atomic mass is 9.71. The lowest BCUT2D eigenvalue weighted by molar-refractivity contribution is -0.174. The average Bonchev–Trinajstić information content (AvgIpc) is 3.52. The molecule has 0 radical (unpaired) electrons. The van der Waals surface area contributed by atoms with Crippen LogP contribution in [0, 0.1) is 5.41 Å². The molecule has 1 aliphatic heterocycles. The van der Waals surface area contributed by atoms with Crippen LogP contribution in [0.3, 0.4) is 0 Å². The van der Waals surface area contributed by atoms with E-state index in [4.69, 9.17) is 4.74 Å². The van der Waals surface area contributed by atoms with Crippen LogP contribution in [0.15, 0.2) is 54.6 Å². The van der Waals surface area contributed by atoms with Crippen LogP contribution in [-0.2, 0) is 11.3 Å². The molecule has 1 heterocycles. The van der Waals surface area contributed by atoms with Gasteiger partial charge in [-0.25, -0.2) is 0 Å². The molecule has 27 heavy (non-hydrogen) atoms. The fourth-order valence-electron chi connectivity index (χ4n) is 4.29. The fraction of sp³-hybridized carbons (Fsp3) is 0.435. The van der Waals surface area contributed by atoms with Crippen molar-refractivity contribution in [2.45, 2.75) is 45.3 Å². The smallest absolute Gasteiger partial charge is 0.232 e. The highest BCUT2D eigenvalue weighted by molar-refractivity contribution is 5.89. The molecule has 1 aliphatic carbocycles. The van der Waals surface area contributed by atoms with Crippen molar-refractivity contribution in [1.82, 2.24) is 9.80 Å². The second-order valence-corrected chi connectivity index (χ2v) is 8.24. The van der Waals surface area contributed by atoms with Gasteiger partial charge in [0.1, 0.15) is 5.75 Å². The molecule has 1 atom stereocenters. The number of methoxy groups -OCH3 is 1. The molecule has 2 aliphatic rings. The molecular formula is C23H28N2O2. The normalized spacial score (nSPS) is 21.3. The van der Waals surface area contributed by atoms with E-state index in [1.807, 2.05) is 29.2 Å². The summed E-state index contributed by atoms with van der Waals surface area (Å²) in [4.78, 5) is 17.4. The minimum atomic E-state index is -0.346. The van der Waals surface area contributed by atoms with Gasteiger partial charge in [0.15, 0.2) is 0 Å². The van der Waals surface area contributed by atoms with Gasteiger partial charge in [-0.15, -0.1) is 0 Å². The van der Waals surface area contributed by atoms with Crippen LogP contribution in [-0.4, -0.2) is 35.5 Å². The SMILES string of the molecule is COc1ccccc1CN(CN1C(=O)C(C)(C)[C@H]1c1ccccc1)C1CC1. The number of likely N-dealkylation sites (tertiary alicyclic amines) is 1. The van der Waals surface area contributed by atoms with Crippen molar-refractivity contribution in [3.05, 3.63) is 65.7 Å². The van der Waals surface area contributed by atoms with Gasteiger partial charge in [0.05, 0.1) is 25.2 Å². The topological polar surface area (TPSA) is 32.8 Å². The summed E-state index contributed by atoms with van der Waals surface area (Å²) in [7, 11) is 1.72. The average molecular weight is 364 g/mol. The van der Waals surface area contributed by atoms with Gasteiger partial charge in [-0.2, -0.15) is 0 Å². The molecule has 1 amide bonds. The second kappa shape index (κ2) is 7.01. The largest absolute Gasteiger partial charge is 0.496 e. The van der Waals surface area contributed by atoms with Gasteiger partial charge < -0.3 is 9.64 Å². The molecular weight excluding hydrogens is 336 g/mol. The third-order valence-electron chi connectivity index (χ3n) is 5.89. The Morgan fingerprint density at radius 3 is 2.41 bits per heavy atom. The number of benzene rings is 2. The highest BCUT2D eigenvalue weighted by Gasteiger charge is 2.55. The van der Waals surface area contributed by atoms with Gasteiger partial charge in [0.2, 0.25) is 5.91 Å². The quantitative estimate of drug-likeness (QED) is 0.690. The van der Waals surface area contributed by atoms with Crippen LogP contribution in [0.5, 0.6) is 5.75 Å². The molecule has 0 aromatic heterocycles. The van der Waals surface area contributed by atoms with Crippen LogP contribution in [0.25, 0.3) is 0 Å². The fourth-order valence-corrected chi connectivity index (χ4v) is 4.29. The standard InChI is InChI=1S/C23H28N2O2/c1-23(2)21(17-9-5-4-6-10-17)25(22(23)26)16-24(19-13-14-19)15-18-11-7-8-12-20(18)27-3/h4-12,19,21H,13-16H2,1-3H3/t21-/m1/s1. The van der Waals surface area contributed by atoms with Crippen LogP contribution >= 0.6 is 0 Å². The highest BCUT2D eigenvalue weighted by Crippen LogP contribution is 2.50. The van der Waals surface area contributed by atoms with Gasteiger partial charge in [0, 0.05) is 18.2 Å². The monoisotopic (exact) mass is 364 g/mol. The molecule has 0 unspecified atom stereocenters. The van der Waals surface area contributed by atoms with E-state index in [0.717, 1.165) is 12.3 Å². The Bertz CT molecular complexity index is 814. The number of carbonyl (C=O) groups is 1. The number of amides is 1. The first-order chi connectivity index (χ1) is 13.0. The van der Waals surface area contributed by atoms with Gasteiger partial charge in [-0.1, -0.05) is 48.5 Å². The lowest BCUT2D eigenvalue weighted by Gasteiger charge is -2.54. The Kier molecular flexibility index (Phi) is 4.68. The molecule has 2 fully saturated rings. The molecule has 0 spiro atoms. The van der Waals surface area contributed by atoms with Crippen LogP contribution in [0.1, 0.15) is 43.9 Å². The predicted molar refractivity (Wildman–Crippen MR) is 106 cm³/mol. The van der Waals surface area contributed by atoms with Crippen molar-refractivity contribution in [2.24, 2.45) is 5.41 Å². The molecule has 1 saturated heterocycles. The number of para-hydroxylation sites is 1. The molecule has 2 aromatic rings. The van der Waals surface area contributed by atoms with Gasteiger partial charge >= 0.3 is 0 Å². The van der Waals surface area contributed by atoms with Crippen molar-refractivity contribution in [3.8, 4) is 5.75 Å². The molecule has 142 valence electrons. The molecule has 0 bridgehead atoms. The summed E-state index contributed by atoms with van der Waals surface area (Å²) in [5, 5.41) is 0. The molecule has 4 heteroatoms. The van der Waals surface area contributed by atoms with Gasteiger partial charge in [0.25, 0.3) is 0 Å². The minimum absolute atomic E-state index is 0.130. The summed E-state index contributed by atoms with van der Waals surface area (Å²) in [6.45, 7) is 5.60. The van der Waals surface area contributed by atoms with Crippen molar-refractivity contribution >= 4 is 5.91 Å². The van der Waals surface area contributed by atoms with Crippen molar-refractivity contribution < 1.29 is 9.53 Å². The zero-order valence-electron chi connectivity index (χ0n) is 16.4. The van der Waals surface area contributed by atoms with E-state index >= 15 is 0 Å². The van der Waals surface area contributed by atoms with Crippen LogP contribution < -0.4 is 4.74 Å². The van der Waals surface area contributed by atoms with E-state index in [1.54, 1.807) is 7.11 Å². The Morgan fingerprint density at radius 2 is 1.74 bits per heavy atom. The van der Waals surface area contributed by atoms with Crippen molar-refractivity contribution in [3.63, 3.8) is 0 Å². The maximum atomic E-state index is 12.9. The molecule has 4 rings (SSSR count). The zero-order chi connectivity index (χ0) is 19.0. The lowest BCUT2D eigenvalue weighted by Crippen LogP contribution is -2.63.